The SMILES string of the molecule is CC(C)(C)OC(=O)NC1(c2cccc([N+](=O)[O-])c2)CCC1. The Morgan fingerprint density at radius 1 is 1.38 bits per heavy atom. The lowest BCUT2D eigenvalue weighted by Gasteiger charge is -2.43. The molecule has 0 heterocycles. The second-order valence-electron chi connectivity index (χ2n) is 6.37. The lowest BCUT2D eigenvalue weighted by Crippen LogP contribution is -2.52. The molecule has 1 aliphatic carbocycles. The standard InChI is InChI=1S/C15H20N2O4/c1-14(2,3)21-13(18)16-15(8-5-9-15)11-6-4-7-12(10-11)17(19)20/h4,6-7,10H,5,8-9H2,1-3H3,(H,16,18). The molecule has 1 aromatic carbocycles. The van der Waals surface area contributed by atoms with Gasteiger partial charge in [0.25, 0.3) is 5.69 Å². The van der Waals surface area contributed by atoms with Crippen molar-refractivity contribution in [2.75, 3.05) is 0 Å². The summed E-state index contributed by atoms with van der Waals surface area (Å²) in [5, 5.41) is 13.8. The highest BCUT2D eigenvalue weighted by molar-refractivity contribution is 5.69. The van der Waals surface area contributed by atoms with Crippen molar-refractivity contribution in [3.63, 3.8) is 0 Å². The maximum absolute atomic E-state index is 12.0. The van der Waals surface area contributed by atoms with Gasteiger partial charge in [0.05, 0.1) is 10.5 Å². The van der Waals surface area contributed by atoms with E-state index in [1.807, 2.05) is 6.07 Å². The van der Waals surface area contributed by atoms with Crippen LogP contribution in [0, 0.1) is 10.1 Å². The predicted molar refractivity (Wildman–Crippen MR) is 78.0 cm³/mol. The fraction of sp³-hybridized carbons (Fsp3) is 0.533. The molecular formula is C15H20N2O4. The van der Waals surface area contributed by atoms with Crippen LogP contribution in [-0.2, 0) is 10.3 Å². The molecule has 0 saturated heterocycles. The fourth-order valence-electron chi connectivity index (χ4n) is 2.43. The van der Waals surface area contributed by atoms with Crippen molar-refractivity contribution in [3.05, 3.63) is 39.9 Å². The van der Waals surface area contributed by atoms with Crippen molar-refractivity contribution >= 4 is 11.8 Å². The number of alkyl carbamates (subject to hydrolysis) is 1. The maximum atomic E-state index is 12.0. The predicted octanol–water partition coefficient (Wildman–Crippen LogP) is 3.50. The topological polar surface area (TPSA) is 81.5 Å². The first kappa shape index (κ1) is 15.3. The van der Waals surface area contributed by atoms with E-state index in [9.17, 15) is 14.9 Å². The molecular weight excluding hydrogens is 272 g/mol. The minimum atomic E-state index is -0.572. The first-order valence-corrected chi connectivity index (χ1v) is 6.98. The Hall–Kier alpha value is -2.11. The zero-order chi connectivity index (χ0) is 15.7. The molecule has 1 aliphatic rings. The number of nitrogens with one attached hydrogen (secondary N) is 1. The Morgan fingerprint density at radius 3 is 2.52 bits per heavy atom. The second-order valence-corrected chi connectivity index (χ2v) is 6.37. The average Bonchev–Trinajstić information content (AvgIpc) is 2.31. The summed E-state index contributed by atoms with van der Waals surface area (Å²) in [4.78, 5) is 22.5. The summed E-state index contributed by atoms with van der Waals surface area (Å²) in [6.45, 7) is 5.40. The molecule has 114 valence electrons. The number of benzene rings is 1. The number of non-ortho nitro benzene ring substituents is 1. The highest BCUT2D eigenvalue weighted by Crippen LogP contribution is 2.42. The molecule has 0 spiro atoms. The summed E-state index contributed by atoms with van der Waals surface area (Å²) in [5.74, 6) is 0. The highest BCUT2D eigenvalue weighted by Gasteiger charge is 2.41. The molecule has 1 fully saturated rings. The van der Waals surface area contributed by atoms with Gasteiger partial charge in [0.1, 0.15) is 5.60 Å². The molecule has 1 amide bonds. The number of ether oxygens (including phenoxy) is 1. The van der Waals surface area contributed by atoms with Crippen LogP contribution in [0.4, 0.5) is 10.5 Å². The third-order valence-electron chi connectivity index (χ3n) is 3.56. The smallest absolute Gasteiger partial charge is 0.408 e. The molecule has 0 aromatic heterocycles. The number of rotatable bonds is 3. The van der Waals surface area contributed by atoms with Crippen molar-refractivity contribution in [2.45, 2.75) is 51.2 Å². The van der Waals surface area contributed by atoms with Crippen LogP contribution in [0.2, 0.25) is 0 Å². The van der Waals surface area contributed by atoms with Gasteiger partial charge < -0.3 is 10.1 Å². The van der Waals surface area contributed by atoms with Gasteiger partial charge in [0.15, 0.2) is 0 Å². The van der Waals surface area contributed by atoms with Crippen LogP contribution in [0.5, 0.6) is 0 Å². The molecule has 6 nitrogen and oxygen atoms in total. The number of nitrogens with zero attached hydrogens (tertiary/aromatic N) is 1. The lowest BCUT2D eigenvalue weighted by molar-refractivity contribution is -0.385. The molecule has 0 bridgehead atoms. The Morgan fingerprint density at radius 2 is 2.05 bits per heavy atom. The van der Waals surface area contributed by atoms with E-state index in [0.29, 0.717) is 0 Å². The van der Waals surface area contributed by atoms with Crippen LogP contribution in [0.1, 0.15) is 45.6 Å². The molecule has 0 radical (unpaired) electrons. The van der Waals surface area contributed by atoms with Crippen molar-refractivity contribution in [1.29, 1.82) is 0 Å². The van der Waals surface area contributed by atoms with Gasteiger partial charge in [-0.15, -0.1) is 0 Å². The Labute approximate surface area is 123 Å². The van der Waals surface area contributed by atoms with Crippen molar-refractivity contribution in [3.8, 4) is 0 Å². The van der Waals surface area contributed by atoms with Gasteiger partial charge in [-0.2, -0.15) is 0 Å². The third-order valence-corrected chi connectivity index (χ3v) is 3.56. The van der Waals surface area contributed by atoms with Crippen LogP contribution in [0.15, 0.2) is 24.3 Å². The molecule has 21 heavy (non-hydrogen) atoms. The highest BCUT2D eigenvalue weighted by atomic mass is 16.6. The molecule has 1 saturated carbocycles. The molecule has 1 aromatic rings. The first-order valence-electron chi connectivity index (χ1n) is 6.98. The summed E-state index contributed by atoms with van der Waals surface area (Å²) in [6, 6.07) is 6.42. The molecule has 1 N–H and O–H groups in total. The molecule has 6 heteroatoms. The van der Waals surface area contributed by atoms with Crippen LogP contribution in [-0.4, -0.2) is 16.6 Å². The summed E-state index contributed by atoms with van der Waals surface area (Å²) in [7, 11) is 0. The average molecular weight is 292 g/mol. The minimum absolute atomic E-state index is 0.0322. The van der Waals surface area contributed by atoms with E-state index < -0.39 is 22.2 Å². The van der Waals surface area contributed by atoms with E-state index >= 15 is 0 Å². The van der Waals surface area contributed by atoms with Crippen molar-refractivity contribution in [2.24, 2.45) is 0 Å². The van der Waals surface area contributed by atoms with E-state index in [2.05, 4.69) is 5.32 Å². The van der Waals surface area contributed by atoms with Crippen molar-refractivity contribution < 1.29 is 14.5 Å². The van der Waals surface area contributed by atoms with E-state index in [1.54, 1.807) is 26.8 Å². The van der Waals surface area contributed by atoms with Gasteiger partial charge in [0, 0.05) is 12.1 Å². The number of hydrogen-bond acceptors (Lipinski definition) is 4. The second kappa shape index (κ2) is 5.35. The van der Waals surface area contributed by atoms with Crippen LogP contribution >= 0.6 is 0 Å². The quantitative estimate of drug-likeness (QED) is 0.683. The molecule has 0 atom stereocenters. The molecule has 0 unspecified atom stereocenters. The summed E-state index contributed by atoms with van der Waals surface area (Å²) in [6.07, 6.45) is 1.99. The maximum Gasteiger partial charge on any atom is 0.408 e. The van der Waals surface area contributed by atoms with Gasteiger partial charge in [0.2, 0.25) is 0 Å². The van der Waals surface area contributed by atoms with Gasteiger partial charge in [-0.25, -0.2) is 4.79 Å². The van der Waals surface area contributed by atoms with Gasteiger partial charge in [-0.3, -0.25) is 10.1 Å². The molecule has 0 aliphatic heterocycles. The monoisotopic (exact) mass is 292 g/mol. The third kappa shape index (κ3) is 3.51. The van der Waals surface area contributed by atoms with Crippen LogP contribution < -0.4 is 5.32 Å². The number of hydrogen-bond donors (Lipinski definition) is 1. The fourth-order valence-corrected chi connectivity index (χ4v) is 2.43. The van der Waals surface area contributed by atoms with Crippen LogP contribution in [0.25, 0.3) is 0 Å². The van der Waals surface area contributed by atoms with Gasteiger partial charge >= 0.3 is 6.09 Å². The largest absolute Gasteiger partial charge is 0.444 e. The van der Waals surface area contributed by atoms with Crippen molar-refractivity contribution in [1.82, 2.24) is 5.32 Å². The zero-order valence-electron chi connectivity index (χ0n) is 12.5. The zero-order valence-corrected chi connectivity index (χ0v) is 12.5. The number of carbonyl (C=O) groups is 1. The van der Waals surface area contributed by atoms with E-state index in [4.69, 9.17) is 4.74 Å². The van der Waals surface area contributed by atoms with E-state index in [-0.39, 0.29) is 5.69 Å². The van der Waals surface area contributed by atoms with E-state index in [1.165, 1.54) is 12.1 Å². The van der Waals surface area contributed by atoms with E-state index in [0.717, 1.165) is 24.8 Å². The summed E-state index contributed by atoms with van der Waals surface area (Å²) < 4.78 is 5.28. The number of carbonyl (C=O) groups excluding carboxylic acids is 1. The Balaban J connectivity index is 2.20. The van der Waals surface area contributed by atoms with Gasteiger partial charge in [-0.05, 0) is 45.6 Å². The number of nitro benzene ring substituents is 1. The Bertz CT molecular complexity index is 559. The lowest BCUT2D eigenvalue weighted by atomic mass is 9.72. The molecule has 2 rings (SSSR count). The Kier molecular flexibility index (Phi) is 3.89. The number of nitro groups is 1. The summed E-state index contributed by atoms with van der Waals surface area (Å²) >= 11 is 0. The van der Waals surface area contributed by atoms with Gasteiger partial charge in [-0.1, -0.05) is 12.1 Å². The normalized spacial score (nSPS) is 16.7. The summed E-state index contributed by atoms with van der Waals surface area (Å²) in [5.41, 5.74) is -0.329. The van der Waals surface area contributed by atoms with Crippen LogP contribution in [0.3, 0.4) is 0 Å². The number of amides is 1. The minimum Gasteiger partial charge on any atom is -0.444 e. The first-order chi connectivity index (χ1) is 9.72.